The first-order valence-corrected chi connectivity index (χ1v) is 6.89. The molecule has 1 unspecified atom stereocenters. The van der Waals surface area contributed by atoms with Crippen molar-refractivity contribution >= 4 is 11.8 Å². The quantitative estimate of drug-likeness (QED) is 0.543. The van der Waals surface area contributed by atoms with Crippen molar-refractivity contribution in [2.45, 2.75) is 12.8 Å². The van der Waals surface area contributed by atoms with Crippen LogP contribution >= 0.6 is 11.8 Å². The van der Waals surface area contributed by atoms with Crippen LogP contribution in [0.1, 0.15) is 12.8 Å². The van der Waals surface area contributed by atoms with Gasteiger partial charge in [0.05, 0.1) is 5.75 Å². The molecule has 0 aromatic carbocycles. The molecular formula is C12H22N2S. The Labute approximate surface area is 98.2 Å². The third-order valence-electron chi connectivity index (χ3n) is 2.76. The van der Waals surface area contributed by atoms with Gasteiger partial charge in [0, 0.05) is 18.8 Å². The Bertz CT molecular complexity index is 200. The van der Waals surface area contributed by atoms with Crippen molar-refractivity contribution in [3.8, 4) is 12.3 Å². The van der Waals surface area contributed by atoms with Crippen LogP contribution in [0.5, 0.6) is 0 Å². The average molecular weight is 226 g/mol. The maximum atomic E-state index is 5.18. The predicted octanol–water partition coefficient (Wildman–Crippen LogP) is 1.28. The second-order valence-electron chi connectivity index (χ2n) is 4.23. The van der Waals surface area contributed by atoms with E-state index in [4.69, 9.17) is 6.42 Å². The Morgan fingerprint density at radius 2 is 2.47 bits per heavy atom. The van der Waals surface area contributed by atoms with E-state index in [-0.39, 0.29) is 0 Å². The van der Waals surface area contributed by atoms with Crippen molar-refractivity contribution in [2.24, 2.45) is 5.92 Å². The highest BCUT2D eigenvalue weighted by atomic mass is 32.2. The van der Waals surface area contributed by atoms with Crippen molar-refractivity contribution < 1.29 is 0 Å². The number of nitrogens with one attached hydrogen (secondary N) is 1. The van der Waals surface area contributed by atoms with Gasteiger partial charge < -0.3 is 10.2 Å². The Hall–Kier alpha value is -0.170. The van der Waals surface area contributed by atoms with Gasteiger partial charge >= 0.3 is 0 Å². The minimum atomic E-state index is 0.841. The molecule has 2 nitrogen and oxygen atoms in total. The van der Waals surface area contributed by atoms with Crippen LogP contribution in [0.15, 0.2) is 0 Å². The SMILES string of the molecule is C#CCSCCNCC1CCCN(C)C1. The third-order valence-corrected chi connectivity index (χ3v) is 3.63. The fourth-order valence-electron chi connectivity index (χ4n) is 2.02. The number of piperidine rings is 1. The van der Waals surface area contributed by atoms with Crippen LogP contribution < -0.4 is 5.32 Å². The van der Waals surface area contributed by atoms with Crippen LogP contribution in [0.4, 0.5) is 0 Å². The molecule has 3 heteroatoms. The minimum absolute atomic E-state index is 0.841. The lowest BCUT2D eigenvalue weighted by atomic mass is 9.98. The van der Waals surface area contributed by atoms with Gasteiger partial charge in [0.25, 0.3) is 0 Å². The highest BCUT2D eigenvalue weighted by Crippen LogP contribution is 2.13. The fraction of sp³-hybridized carbons (Fsp3) is 0.833. The molecule has 1 aliphatic heterocycles. The summed E-state index contributed by atoms with van der Waals surface area (Å²) in [6.07, 6.45) is 7.92. The molecule has 0 aromatic rings. The molecule has 0 aliphatic carbocycles. The van der Waals surface area contributed by atoms with Crippen molar-refractivity contribution in [1.82, 2.24) is 10.2 Å². The Kier molecular flexibility index (Phi) is 6.91. The maximum Gasteiger partial charge on any atom is 0.0545 e. The molecule has 0 aromatic heterocycles. The van der Waals surface area contributed by atoms with Crippen molar-refractivity contribution in [1.29, 1.82) is 0 Å². The van der Waals surface area contributed by atoms with Crippen molar-refractivity contribution in [3.05, 3.63) is 0 Å². The molecule has 1 saturated heterocycles. The molecule has 15 heavy (non-hydrogen) atoms. The zero-order valence-corrected chi connectivity index (χ0v) is 10.5. The van der Waals surface area contributed by atoms with Gasteiger partial charge in [-0.1, -0.05) is 5.92 Å². The highest BCUT2D eigenvalue weighted by Gasteiger charge is 2.15. The van der Waals surface area contributed by atoms with Gasteiger partial charge in [0.2, 0.25) is 0 Å². The maximum absolute atomic E-state index is 5.18. The molecular weight excluding hydrogens is 204 g/mol. The van der Waals surface area contributed by atoms with E-state index in [0.717, 1.165) is 24.0 Å². The molecule has 0 spiro atoms. The van der Waals surface area contributed by atoms with Gasteiger partial charge in [-0.15, -0.1) is 18.2 Å². The van der Waals surface area contributed by atoms with E-state index in [1.165, 1.54) is 32.5 Å². The number of likely N-dealkylation sites (tertiary alicyclic amines) is 1. The second kappa shape index (κ2) is 8.04. The first-order valence-electron chi connectivity index (χ1n) is 5.73. The summed E-state index contributed by atoms with van der Waals surface area (Å²) >= 11 is 1.83. The normalized spacial score (nSPS) is 22.5. The Morgan fingerprint density at radius 1 is 1.60 bits per heavy atom. The largest absolute Gasteiger partial charge is 0.316 e. The van der Waals surface area contributed by atoms with E-state index in [1.54, 1.807) is 0 Å². The van der Waals surface area contributed by atoms with Crippen LogP contribution in [0.3, 0.4) is 0 Å². The van der Waals surface area contributed by atoms with E-state index < -0.39 is 0 Å². The summed E-state index contributed by atoms with van der Waals surface area (Å²) in [6, 6.07) is 0. The molecule has 1 atom stereocenters. The summed E-state index contributed by atoms with van der Waals surface area (Å²) in [5.41, 5.74) is 0. The molecule has 1 fully saturated rings. The number of hydrogen-bond acceptors (Lipinski definition) is 3. The molecule has 0 saturated carbocycles. The number of thioether (sulfide) groups is 1. The van der Waals surface area contributed by atoms with Crippen LogP contribution in [-0.2, 0) is 0 Å². The van der Waals surface area contributed by atoms with E-state index in [2.05, 4.69) is 23.2 Å². The summed E-state index contributed by atoms with van der Waals surface area (Å²) in [6.45, 7) is 4.78. The average Bonchev–Trinajstić information content (AvgIpc) is 2.23. The number of terminal acetylenes is 1. The van der Waals surface area contributed by atoms with E-state index in [0.29, 0.717) is 0 Å². The monoisotopic (exact) mass is 226 g/mol. The van der Waals surface area contributed by atoms with E-state index >= 15 is 0 Å². The van der Waals surface area contributed by atoms with Crippen LogP contribution in [0.25, 0.3) is 0 Å². The molecule has 1 aliphatic rings. The summed E-state index contributed by atoms with van der Waals surface area (Å²) in [5.74, 6) is 5.46. The molecule has 0 radical (unpaired) electrons. The van der Waals surface area contributed by atoms with Crippen molar-refractivity contribution in [2.75, 3.05) is 44.7 Å². The van der Waals surface area contributed by atoms with E-state index in [1.807, 2.05) is 11.8 Å². The zero-order valence-electron chi connectivity index (χ0n) is 9.67. The van der Waals surface area contributed by atoms with Crippen molar-refractivity contribution in [3.63, 3.8) is 0 Å². The number of rotatable bonds is 6. The van der Waals surface area contributed by atoms with Gasteiger partial charge in [0.1, 0.15) is 0 Å². The van der Waals surface area contributed by atoms with Gasteiger partial charge in [-0.05, 0) is 38.9 Å². The molecule has 1 rings (SSSR count). The third kappa shape index (κ3) is 6.09. The summed E-state index contributed by atoms with van der Waals surface area (Å²) in [5, 5.41) is 3.52. The zero-order chi connectivity index (χ0) is 10.9. The lowest BCUT2D eigenvalue weighted by molar-refractivity contribution is 0.207. The molecule has 1 heterocycles. The Balaban J connectivity index is 1.93. The van der Waals surface area contributed by atoms with Crippen LogP contribution in [0.2, 0.25) is 0 Å². The molecule has 1 N–H and O–H groups in total. The Morgan fingerprint density at radius 3 is 3.20 bits per heavy atom. The van der Waals surface area contributed by atoms with Gasteiger partial charge in [-0.2, -0.15) is 0 Å². The summed E-state index contributed by atoms with van der Waals surface area (Å²) < 4.78 is 0. The first kappa shape index (κ1) is 12.9. The molecule has 0 amide bonds. The minimum Gasteiger partial charge on any atom is -0.316 e. The summed E-state index contributed by atoms with van der Waals surface area (Å²) in [7, 11) is 2.22. The van der Waals surface area contributed by atoms with Crippen LogP contribution in [-0.4, -0.2) is 49.6 Å². The second-order valence-corrected chi connectivity index (χ2v) is 5.34. The molecule has 86 valence electrons. The standard InChI is InChI=1S/C12H22N2S/c1-3-8-15-9-6-13-10-12-5-4-7-14(2)11-12/h1,12-13H,4-11H2,2H3. The predicted molar refractivity (Wildman–Crippen MR) is 69.2 cm³/mol. The fourth-order valence-corrected chi connectivity index (χ4v) is 2.57. The topological polar surface area (TPSA) is 15.3 Å². The smallest absolute Gasteiger partial charge is 0.0545 e. The molecule has 0 bridgehead atoms. The lowest BCUT2D eigenvalue weighted by Gasteiger charge is -2.29. The highest BCUT2D eigenvalue weighted by molar-refractivity contribution is 7.99. The first-order chi connectivity index (χ1) is 7.33. The lowest BCUT2D eigenvalue weighted by Crippen LogP contribution is -2.37. The number of hydrogen-bond donors (Lipinski definition) is 1. The van der Waals surface area contributed by atoms with E-state index in [9.17, 15) is 0 Å². The van der Waals surface area contributed by atoms with Crippen LogP contribution in [0, 0.1) is 18.3 Å². The van der Waals surface area contributed by atoms with Gasteiger partial charge in [-0.25, -0.2) is 0 Å². The van der Waals surface area contributed by atoms with Gasteiger partial charge in [0.15, 0.2) is 0 Å². The number of nitrogens with zero attached hydrogens (tertiary/aromatic N) is 1. The van der Waals surface area contributed by atoms with Gasteiger partial charge in [-0.3, -0.25) is 0 Å². The summed E-state index contributed by atoms with van der Waals surface area (Å²) in [4.78, 5) is 2.43.